The van der Waals surface area contributed by atoms with Crippen LogP contribution < -0.4 is 0 Å². The lowest BCUT2D eigenvalue weighted by atomic mass is 10.3. The van der Waals surface area contributed by atoms with Crippen LogP contribution in [0.2, 0.25) is 0 Å². The molecule has 0 aliphatic rings. The average Bonchev–Trinajstić information content (AvgIpc) is 1.61. The van der Waals surface area contributed by atoms with Crippen molar-refractivity contribution in [1.29, 1.82) is 0 Å². The van der Waals surface area contributed by atoms with Crippen molar-refractivity contribution in [3.63, 3.8) is 0 Å². The Morgan fingerprint density at radius 1 is 1.50 bits per heavy atom. The molecule has 0 heterocycles. The number of hydrogen-bond acceptors (Lipinski definition) is 0. The van der Waals surface area contributed by atoms with Gasteiger partial charge in [0.25, 0.3) is 5.13 Å². The van der Waals surface area contributed by atoms with Crippen LogP contribution in [0.1, 0.15) is 6.42 Å². The van der Waals surface area contributed by atoms with Gasteiger partial charge in [0.1, 0.15) is 0 Å². The van der Waals surface area contributed by atoms with E-state index < -0.39 is 16.4 Å². The largest absolute Gasteiger partial charge is 0.348 e. The normalized spacial score (nSPS) is 18.1. The monoisotopic (exact) mass is 236 g/mol. The van der Waals surface area contributed by atoms with Crippen molar-refractivity contribution in [2.45, 2.75) is 16.4 Å². The van der Waals surface area contributed by atoms with Crippen molar-refractivity contribution in [1.82, 2.24) is 0 Å². The highest BCUT2D eigenvalue weighted by Crippen LogP contribution is 2.43. The number of hydrogen-bond donors (Lipinski definition) is 0. The minimum absolute atomic E-state index is 0.604. The van der Waals surface area contributed by atoms with E-state index in [1.165, 1.54) is 0 Å². The second-order valence-electron chi connectivity index (χ2n) is 1.70. The molecule has 0 rings (SSSR count). The summed E-state index contributed by atoms with van der Waals surface area (Å²) in [5.41, 5.74) is 0. The summed E-state index contributed by atoms with van der Waals surface area (Å²) in [6.07, 6.45) is 0.384. The van der Waals surface area contributed by atoms with Gasteiger partial charge in [-0.1, -0.05) is 17.7 Å². The summed E-state index contributed by atoms with van der Waals surface area (Å²) in [6, 6.07) is 0. The highest BCUT2D eigenvalue weighted by molar-refractivity contribution is 9.10. The molecule has 1 atom stereocenters. The Morgan fingerprint density at radius 2 is 1.90 bits per heavy atom. The molecule has 0 spiro atoms. The number of allylic oxidation sites excluding steroid dienone is 1. The third-order valence-electron chi connectivity index (χ3n) is 0.815. The van der Waals surface area contributed by atoms with Gasteiger partial charge in [0.2, 0.25) is 0 Å². The number of alkyl halides is 5. The van der Waals surface area contributed by atoms with Gasteiger partial charge < -0.3 is 0 Å². The van der Waals surface area contributed by atoms with Gasteiger partial charge in [-0.2, -0.15) is 8.78 Å². The first-order valence-electron chi connectivity index (χ1n) is 2.36. The predicted molar refractivity (Wildman–Crippen MR) is 38.4 cm³/mol. The molecular formula is C5H5BrClF3. The lowest BCUT2D eigenvalue weighted by Gasteiger charge is -2.20. The summed E-state index contributed by atoms with van der Waals surface area (Å²) in [7, 11) is 0. The SMILES string of the molecule is C=CCC(F)(Cl)C(F)(F)Br. The van der Waals surface area contributed by atoms with Gasteiger partial charge in [0.15, 0.2) is 0 Å². The predicted octanol–water partition coefficient (Wildman–Crippen LogP) is 3.45. The van der Waals surface area contributed by atoms with Gasteiger partial charge in [-0.05, 0) is 15.9 Å². The zero-order valence-corrected chi connectivity index (χ0v) is 7.22. The van der Waals surface area contributed by atoms with E-state index in [1.807, 2.05) is 15.9 Å². The van der Waals surface area contributed by atoms with Crippen LogP contribution in [0.25, 0.3) is 0 Å². The maximum atomic E-state index is 12.5. The highest BCUT2D eigenvalue weighted by atomic mass is 79.9. The van der Waals surface area contributed by atoms with Crippen molar-refractivity contribution >= 4 is 27.5 Å². The van der Waals surface area contributed by atoms with Crippen molar-refractivity contribution in [2.24, 2.45) is 0 Å². The van der Waals surface area contributed by atoms with Crippen LogP contribution in [0.4, 0.5) is 13.2 Å². The standard InChI is InChI=1S/C5H5BrClF3/c1-2-3-4(7,8)5(6,9)10/h2H,1,3H2. The summed E-state index contributed by atoms with van der Waals surface area (Å²) in [6.45, 7) is 3.08. The third kappa shape index (κ3) is 2.50. The fourth-order valence-electron chi connectivity index (χ4n) is 0.297. The summed E-state index contributed by atoms with van der Waals surface area (Å²) in [4.78, 5) is -3.71. The Balaban J connectivity index is 4.23. The van der Waals surface area contributed by atoms with E-state index in [9.17, 15) is 13.2 Å². The van der Waals surface area contributed by atoms with E-state index in [4.69, 9.17) is 11.6 Å². The van der Waals surface area contributed by atoms with Gasteiger partial charge in [-0.3, -0.25) is 0 Å². The maximum Gasteiger partial charge on any atom is 0.348 e. The van der Waals surface area contributed by atoms with Crippen molar-refractivity contribution < 1.29 is 13.2 Å². The summed E-state index contributed by atoms with van der Waals surface area (Å²) >= 11 is 6.59. The Labute approximate surface area is 70.2 Å². The smallest absolute Gasteiger partial charge is 0.218 e. The highest BCUT2D eigenvalue weighted by Gasteiger charge is 2.50. The minimum atomic E-state index is -3.71. The second-order valence-corrected chi connectivity index (χ2v) is 3.29. The fourth-order valence-corrected chi connectivity index (χ4v) is 0.568. The first-order chi connectivity index (χ1) is 4.31. The lowest BCUT2D eigenvalue weighted by molar-refractivity contribution is -0.00307. The molecule has 0 nitrogen and oxygen atoms in total. The molecule has 0 amide bonds. The Bertz CT molecular complexity index is 129. The lowest BCUT2D eigenvalue weighted by Crippen LogP contribution is -2.32. The molecule has 0 aromatic carbocycles. The van der Waals surface area contributed by atoms with Gasteiger partial charge in [-0.15, -0.1) is 6.58 Å². The van der Waals surface area contributed by atoms with Gasteiger partial charge in [-0.25, -0.2) is 4.39 Å². The van der Waals surface area contributed by atoms with E-state index in [1.54, 1.807) is 0 Å². The van der Waals surface area contributed by atoms with Crippen LogP contribution in [0, 0.1) is 0 Å². The molecule has 10 heavy (non-hydrogen) atoms. The molecule has 0 bridgehead atoms. The molecule has 5 heteroatoms. The Hall–Kier alpha value is 0.300. The molecule has 0 saturated heterocycles. The number of halogens is 5. The van der Waals surface area contributed by atoms with Crippen LogP contribution in [0.15, 0.2) is 12.7 Å². The summed E-state index contributed by atoms with van der Waals surface area (Å²) < 4.78 is 36.6. The molecular weight excluding hydrogens is 232 g/mol. The molecule has 0 aliphatic carbocycles. The van der Waals surface area contributed by atoms with E-state index in [2.05, 4.69) is 6.58 Å². The van der Waals surface area contributed by atoms with E-state index in [0.717, 1.165) is 6.08 Å². The minimum Gasteiger partial charge on any atom is -0.218 e. The van der Waals surface area contributed by atoms with Crippen molar-refractivity contribution in [3.05, 3.63) is 12.7 Å². The molecule has 0 fully saturated rings. The maximum absolute atomic E-state index is 12.5. The molecule has 0 aromatic rings. The summed E-state index contributed by atoms with van der Waals surface area (Å²) in [5.74, 6) is 0. The molecule has 1 unspecified atom stereocenters. The first kappa shape index (κ1) is 10.3. The molecule has 0 aliphatic heterocycles. The Kier molecular flexibility index (Phi) is 3.23. The molecule has 0 saturated carbocycles. The summed E-state index contributed by atoms with van der Waals surface area (Å²) in [5, 5.41) is -3.07. The zero-order chi connectivity index (χ0) is 8.41. The van der Waals surface area contributed by atoms with Crippen molar-refractivity contribution in [2.75, 3.05) is 0 Å². The van der Waals surface area contributed by atoms with Crippen molar-refractivity contribution in [3.8, 4) is 0 Å². The van der Waals surface area contributed by atoms with Crippen LogP contribution in [0.3, 0.4) is 0 Å². The van der Waals surface area contributed by atoms with Gasteiger partial charge >= 0.3 is 4.83 Å². The molecule has 60 valence electrons. The first-order valence-corrected chi connectivity index (χ1v) is 3.54. The molecule has 0 radical (unpaired) electrons. The second kappa shape index (κ2) is 3.13. The Morgan fingerprint density at radius 3 is 2.00 bits per heavy atom. The van der Waals surface area contributed by atoms with Crippen LogP contribution >= 0.6 is 27.5 Å². The van der Waals surface area contributed by atoms with Crippen LogP contribution in [-0.2, 0) is 0 Å². The zero-order valence-electron chi connectivity index (χ0n) is 4.88. The average molecular weight is 237 g/mol. The van der Waals surface area contributed by atoms with Crippen LogP contribution in [-0.4, -0.2) is 9.96 Å². The molecule has 0 N–H and O–H groups in total. The van der Waals surface area contributed by atoms with E-state index >= 15 is 0 Å². The topological polar surface area (TPSA) is 0 Å². The number of rotatable bonds is 3. The molecule has 0 aromatic heterocycles. The quantitative estimate of drug-likeness (QED) is 0.521. The third-order valence-corrected chi connectivity index (χ3v) is 2.06. The van der Waals surface area contributed by atoms with Crippen LogP contribution in [0.5, 0.6) is 0 Å². The fraction of sp³-hybridized carbons (Fsp3) is 0.600. The van der Waals surface area contributed by atoms with E-state index in [0.29, 0.717) is 0 Å². The van der Waals surface area contributed by atoms with E-state index in [-0.39, 0.29) is 0 Å². The van der Waals surface area contributed by atoms with Gasteiger partial charge in [0, 0.05) is 6.42 Å². The van der Waals surface area contributed by atoms with Gasteiger partial charge in [0.05, 0.1) is 0 Å².